The number of likely N-dealkylation sites (N-methyl/N-ethyl adjacent to an activating group) is 1. The molecule has 0 aromatic heterocycles. The Balaban J connectivity index is 3.36. The number of carboxylic acids is 1. The number of benzene rings is 1. The lowest BCUT2D eigenvalue weighted by molar-refractivity contribution is -0.141. The second-order valence-corrected chi connectivity index (χ2v) is 7.19. The van der Waals surface area contributed by atoms with E-state index >= 15 is 0 Å². The van der Waals surface area contributed by atoms with Crippen LogP contribution in [0.15, 0.2) is 27.6 Å². The number of sulfonamides is 1. The van der Waals surface area contributed by atoms with Gasteiger partial charge in [0.15, 0.2) is 0 Å². The predicted molar refractivity (Wildman–Crippen MR) is 82.0 cm³/mol. The van der Waals surface area contributed by atoms with E-state index in [9.17, 15) is 13.2 Å². The van der Waals surface area contributed by atoms with Gasteiger partial charge < -0.3 is 9.84 Å². The van der Waals surface area contributed by atoms with Crippen LogP contribution in [-0.2, 0) is 14.8 Å². The quantitative estimate of drug-likeness (QED) is 0.785. The minimum atomic E-state index is -3.97. The summed E-state index contributed by atoms with van der Waals surface area (Å²) < 4.78 is 32.1. The average molecular weight is 380 g/mol. The fourth-order valence-corrected chi connectivity index (χ4v) is 3.92. The zero-order chi connectivity index (χ0) is 16.2. The average Bonchev–Trinajstić information content (AvgIpc) is 2.41. The number of carboxylic acid groups (broad SMARTS) is 1. The first kappa shape index (κ1) is 17.9. The van der Waals surface area contributed by atoms with Crippen molar-refractivity contribution in [3.8, 4) is 5.75 Å². The molecule has 1 unspecified atom stereocenters. The normalized spacial score (nSPS) is 13.2. The number of nitrogens with zero attached hydrogens (tertiary/aromatic N) is 1. The maximum absolute atomic E-state index is 12.6. The molecule has 0 radical (unpaired) electrons. The highest BCUT2D eigenvalue weighted by Gasteiger charge is 2.33. The molecule has 1 N–H and O–H groups in total. The SMILES string of the molecule is CCOc1ccc(Br)cc1S(=O)(=O)N(C)C(CC)C(=O)O. The van der Waals surface area contributed by atoms with Gasteiger partial charge in [-0.2, -0.15) is 4.31 Å². The van der Waals surface area contributed by atoms with Crippen molar-refractivity contribution in [3.63, 3.8) is 0 Å². The number of hydrogen-bond donors (Lipinski definition) is 1. The van der Waals surface area contributed by atoms with Gasteiger partial charge in [0.25, 0.3) is 0 Å². The van der Waals surface area contributed by atoms with E-state index in [4.69, 9.17) is 9.84 Å². The van der Waals surface area contributed by atoms with E-state index in [0.717, 1.165) is 4.31 Å². The van der Waals surface area contributed by atoms with Gasteiger partial charge in [-0.05, 0) is 31.5 Å². The lowest BCUT2D eigenvalue weighted by Gasteiger charge is -2.24. The fourth-order valence-electron chi connectivity index (χ4n) is 1.87. The summed E-state index contributed by atoms with van der Waals surface area (Å²) in [6, 6.07) is 3.49. The summed E-state index contributed by atoms with van der Waals surface area (Å²) >= 11 is 3.22. The summed E-state index contributed by atoms with van der Waals surface area (Å²) in [7, 11) is -2.71. The van der Waals surface area contributed by atoms with Crippen molar-refractivity contribution in [2.45, 2.75) is 31.2 Å². The molecule has 0 heterocycles. The molecule has 0 aliphatic carbocycles. The highest BCUT2D eigenvalue weighted by Crippen LogP contribution is 2.30. The highest BCUT2D eigenvalue weighted by atomic mass is 79.9. The Hall–Kier alpha value is -1.12. The standard InChI is InChI=1S/C13H18BrNO5S/c1-4-10(13(16)17)15(3)21(18,19)12-8-9(14)6-7-11(12)20-5-2/h6-8,10H,4-5H2,1-3H3,(H,16,17). The highest BCUT2D eigenvalue weighted by molar-refractivity contribution is 9.10. The van der Waals surface area contributed by atoms with Crippen LogP contribution in [0.25, 0.3) is 0 Å². The second-order valence-electron chi connectivity index (χ2n) is 4.31. The van der Waals surface area contributed by atoms with Crippen molar-refractivity contribution in [2.75, 3.05) is 13.7 Å². The smallest absolute Gasteiger partial charge is 0.321 e. The Morgan fingerprint density at radius 2 is 2.05 bits per heavy atom. The summed E-state index contributed by atoms with van der Waals surface area (Å²) in [6.45, 7) is 3.67. The Kier molecular flexibility index (Phi) is 6.18. The van der Waals surface area contributed by atoms with E-state index in [1.54, 1.807) is 19.9 Å². The summed E-state index contributed by atoms with van der Waals surface area (Å²) in [5.74, 6) is -0.982. The van der Waals surface area contributed by atoms with E-state index < -0.39 is 22.0 Å². The van der Waals surface area contributed by atoms with Gasteiger partial charge in [0.2, 0.25) is 10.0 Å². The fraction of sp³-hybridized carbons (Fsp3) is 0.462. The minimum absolute atomic E-state index is 0.0547. The van der Waals surface area contributed by atoms with Gasteiger partial charge in [0.1, 0.15) is 16.7 Å². The van der Waals surface area contributed by atoms with Crippen molar-refractivity contribution in [1.82, 2.24) is 4.31 Å². The topological polar surface area (TPSA) is 83.9 Å². The molecule has 1 atom stereocenters. The molecular weight excluding hydrogens is 362 g/mol. The molecule has 21 heavy (non-hydrogen) atoms. The monoisotopic (exact) mass is 379 g/mol. The lowest BCUT2D eigenvalue weighted by atomic mass is 10.2. The van der Waals surface area contributed by atoms with Gasteiger partial charge in [-0.3, -0.25) is 4.79 Å². The van der Waals surface area contributed by atoms with Gasteiger partial charge in [0.05, 0.1) is 6.61 Å². The molecule has 0 amide bonds. The largest absolute Gasteiger partial charge is 0.492 e. The van der Waals surface area contributed by atoms with Crippen LogP contribution in [0.2, 0.25) is 0 Å². The number of rotatable bonds is 7. The number of hydrogen-bond acceptors (Lipinski definition) is 4. The van der Waals surface area contributed by atoms with E-state index in [2.05, 4.69) is 15.9 Å². The molecule has 118 valence electrons. The van der Waals surface area contributed by atoms with Crippen molar-refractivity contribution >= 4 is 31.9 Å². The Labute approximate surface area is 132 Å². The first-order valence-electron chi connectivity index (χ1n) is 6.38. The first-order chi connectivity index (χ1) is 9.75. The van der Waals surface area contributed by atoms with Gasteiger partial charge in [-0.1, -0.05) is 22.9 Å². The van der Waals surface area contributed by atoms with Crippen LogP contribution in [0.3, 0.4) is 0 Å². The molecule has 0 aliphatic rings. The summed E-state index contributed by atoms with van der Waals surface area (Å²) in [5.41, 5.74) is 0. The van der Waals surface area contributed by atoms with Crippen LogP contribution in [0.5, 0.6) is 5.75 Å². The lowest BCUT2D eigenvalue weighted by Crippen LogP contribution is -2.42. The second kappa shape index (κ2) is 7.24. The van der Waals surface area contributed by atoms with Crippen LogP contribution in [-0.4, -0.2) is 43.5 Å². The molecule has 0 saturated carbocycles. The molecule has 0 saturated heterocycles. The Bertz CT molecular complexity index is 617. The van der Waals surface area contributed by atoms with Gasteiger partial charge in [-0.15, -0.1) is 0 Å². The first-order valence-corrected chi connectivity index (χ1v) is 8.62. The minimum Gasteiger partial charge on any atom is -0.492 e. The van der Waals surface area contributed by atoms with E-state index in [0.29, 0.717) is 11.1 Å². The van der Waals surface area contributed by atoms with Gasteiger partial charge >= 0.3 is 5.97 Å². The molecule has 0 aliphatic heterocycles. The van der Waals surface area contributed by atoms with Crippen LogP contribution < -0.4 is 4.74 Å². The van der Waals surface area contributed by atoms with Crippen LogP contribution in [0, 0.1) is 0 Å². The Morgan fingerprint density at radius 3 is 2.52 bits per heavy atom. The third kappa shape index (κ3) is 3.96. The third-order valence-corrected chi connectivity index (χ3v) is 5.35. The van der Waals surface area contributed by atoms with Crippen molar-refractivity contribution in [3.05, 3.63) is 22.7 Å². The van der Waals surface area contributed by atoms with Crippen LogP contribution in [0.4, 0.5) is 0 Å². The number of ether oxygens (including phenoxy) is 1. The molecule has 6 nitrogen and oxygen atoms in total. The van der Waals surface area contributed by atoms with Gasteiger partial charge in [0, 0.05) is 11.5 Å². The molecule has 8 heteroatoms. The van der Waals surface area contributed by atoms with Crippen LogP contribution in [0.1, 0.15) is 20.3 Å². The zero-order valence-corrected chi connectivity index (χ0v) is 14.4. The van der Waals surface area contributed by atoms with Crippen molar-refractivity contribution < 1.29 is 23.1 Å². The van der Waals surface area contributed by atoms with Crippen molar-refractivity contribution in [2.24, 2.45) is 0 Å². The zero-order valence-electron chi connectivity index (χ0n) is 12.0. The maximum atomic E-state index is 12.6. The molecule has 1 rings (SSSR count). The Morgan fingerprint density at radius 1 is 1.43 bits per heavy atom. The van der Waals surface area contributed by atoms with E-state index in [1.165, 1.54) is 19.2 Å². The summed E-state index contributed by atoms with van der Waals surface area (Å²) in [4.78, 5) is 11.1. The molecular formula is C13H18BrNO5S. The third-order valence-electron chi connectivity index (χ3n) is 2.97. The van der Waals surface area contributed by atoms with E-state index in [-0.39, 0.29) is 17.1 Å². The predicted octanol–water partition coefficient (Wildman–Crippen LogP) is 2.33. The summed E-state index contributed by atoms with van der Waals surface area (Å²) in [5, 5.41) is 9.13. The van der Waals surface area contributed by atoms with Crippen molar-refractivity contribution in [1.29, 1.82) is 0 Å². The summed E-state index contributed by atoms with van der Waals surface area (Å²) in [6.07, 6.45) is 0.170. The molecule has 0 spiro atoms. The number of aliphatic carboxylic acids is 1. The van der Waals surface area contributed by atoms with Crippen LogP contribution >= 0.6 is 15.9 Å². The molecule has 1 aromatic carbocycles. The van der Waals surface area contributed by atoms with Gasteiger partial charge in [-0.25, -0.2) is 8.42 Å². The molecule has 1 aromatic rings. The van der Waals surface area contributed by atoms with E-state index in [1.807, 2.05) is 0 Å². The number of carbonyl (C=O) groups is 1. The molecule has 0 bridgehead atoms. The maximum Gasteiger partial charge on any atom is 0.321 e. The molecule has 0 fully saturated rings. The number of halogens is 1.